The lowest BCUT2D eigenvalue weighted by Gasteiger charge is -2.32. The summed E-state index contributed by atoms with van der Waals surface area (Å²) in [5, 5.41) is 3.01. The van der Waals surface area contributed by atoms with Gasteiger partial charge in [0.1, 0.15) is 10.9 Å². The molecule has 0 fully saturated rings. The van der Waals surface area contributed by atoms with Crippen molar-refractivity contribution in [3.63, 3.8) is 0 Å². The SMILES string of the molecule is CCc1ccc(N(C(=O)c2snc(C(N)=O)c2N)C(C(=O)NCCC(C)C)c2ccc(N(C)C)cc2)cc1. The van der Waals surface area contributed by atoms with E-state index in [9.17, 15) is 14.4 Å². The van der Waals surface area contributed by atoms with E-state index in [1.165, 1.54) is 4.90 Å². The molecule has 2 aromatic carbocycles. The Morgan fingerprint density at radius 3 is 2.11 bits per heavy atom. The molecule has 5 N–H and O–H groups in total. The lowest BCUT2D eigenvalue weighted by Crippen LogP contribution is -2.44. The molecule has 3 aromatic rings. The van der Waals surface area contributed by atoms with E-state index in [-0.39, 0.29) is 22.2 Å². The van der Waals surface area contributed by atoms with Crippen molar-refractivity contribution in [2.45, 2.75) is 39.7 Å². The molecule has 0 radical (unpaired) electrons. The topological polar surface area (TPSA) is 135 Å². The zero-order chi connectivity index (χ0) is 28.0. The third-order valence-corrected chi connectivity index (χ3v) is 7.10. The number of amides is 3. The Balaban J connectivity index is 2.17. The Kier molecular flexibility index (Phi) is 9.46. The molecule has 0 spiro atoms. The molecule has 3 rings (SSSR count). The minimum absolute atomic E-state index is 0.0447. The van der Waals surface area contributed by atoms with E-state index in [0.717, 1.165) is 35.6 Å². The van der Waals surface area contributed by atoms with E-state index in [2.05, 4.69) is 23.5 Å². The molecule has 1 aromatic heterocycles. The maximum Gasteiger partial charge on any atom is 0.273 e. The first-order chi connectivity index (χ1) is 18.0. The van der Waals surface area contributed by atoms with Gasteiger partial charge in [-0.25, -0.2) is 0 Å². The number of nitrogen functional groups attached to an aromatic ring is 1. The highest BCUT2D eigenvalue weighted by Crippen LogP contribution is 2.34. The normalized spacial score (nSPS) is 11.7. The Bertz CT molecular complexity index is 1270. The number of aromatic nitrogens is 1. The van der Waals surface area contributed by atoms with E-state index in [1.807, 2.05) is 74.4 Å². The van der Waals surface area contributed by atoms with Gasteiger partial charge >= 0.3 is 0 Å². The molecule has 0 aliphatic carbocycles. The first kappa shape index (κ1) is 28.6. The first-order valence-electron chi connectivity index (χ1n) is 12.6. The van der Waals surface area contributed by atoms with Crippen LogP contribution in [0.1, 0.15) is 64.5 Å². The van der Waals surface area contributed by atoms with Gasteiger partial charge < -0.3 is 21.7 Å². The molecule has 0 saturated carbocycles. The van der Waals surface area contributed by atoms with Crippen molar-refractivity contribution in [2.75, 3.05) is 36.2 Å². The summed E-state index contributed by atoms with van der Waals surface area (Å²) in [5.41, 5.74) is 14.5. The van der Waals surface area contributed by atoms with E-state index >= 15 is 0 Å². The van der Waals surface area contributed by atoms with Crippen molar-refractivity contribution in [1.82, 2.24) is 9.69 Å². The summed E-state index contributed by atoms with van der Waals surface area (Å²) in [6.45, 7) is 6.67. The molecule has 1 atom stereocenters. The van der Waals surface area contributed by atoms with Crippen molar-refractivity contribution in [2.24, 2.45) is 11.7 Å². The molecular weight excluding hydrogens is 500 g/mol. The van der Waals surface area contributed by atoms with Crippen LogP contribution in [0.15, 0.2) is 48.5 Å². The van der Waals surface area contributed by atoms with Gasteiger partial charge in [-0.05, 0) is 65.7 Å². The Morgan fingerprint density at radius 1 is 1.00 bits per heavy atom. The molecular formula is C28H36N6O3S. The van der Waals surface area contributed by atoms with Gasteiger partial charge in [0.05, 0.1) is 5.69 Å². The summed E-state index contributed by atoms with van der Waals surface area (Å²) >= 11 is 0.790. The summed E-state index contributed by atoms with van der Waals surface area (Å²) in [6.07, 6.45) is 1.62. The fraction of sp³-hybridized carbons (Fsp3) is 0.357. The number of nitrogens with one attached hydrogen (secondary N) is 1. The smallest absolute Gasteiger partial charge is 0.273 e. The maximum atomic E-state index is 14.1. The molecule has 1 unspecified atom stereocenters. The number of carbonyl (C=O) groups excluding carboxylic acids is 3. The van der Waals surface area contributed by atoms with Gasteiger partial charge in [0.25, 0.3) is 11.8 Å². The van der Waals surface area contributed by atoms with Gasteiger partial charge in [-0.2, -0.15) is 4.37 Å². The van der Waals surface area contributed by atoms with Crippen LogP contribution in [0.5, 0.6) is 0 Å². The third-order valence-electron chi connectivity index (χ3n) is 6.25. The van der Waals surface area contributed by atoms with Crippen LogP contribution in [-0.4, -0.2) is 42.7 Å². The Hall–Kier alpha value is -3.92. The van der Waals surface area contributed by atoms with Crippen LogP contribution in [0.3, 0.4) is 0 Å². The first-order valence-corrected chi connectivity index (χ1v) is 13.3. The summed E-state index contributed by atoms with van der Waals surface area (Å²) in [4.78, 5) is 43.1. The summed E-state index contributed by atoms with van der Waals surface area (Å²) in [6, 6.07) is 13.9. The highest BCUT2D eigenvalue weighted by atomic mass is 32.1. The minimum Gasteiger partial charge on any atom is -0.395 e. The second-order valence-corrected chi connectivity index (χ2v) is 10.5. The summed E-state index contributed by atoms with van der Waals surface area (Å²) in [7, 11) is 3.86. The number of primary amides is 1. The van der Waals surface area contributed by atoms with Crippen LogP contribution in [0.2, 0.25) is 0 Å². The van der Waals surface area contributed by atoms with Gasteiger partial charge in [-0.15, -0.1) is 0 Å². The number of hydrogen-bond donors (Lipinski definition) is 3. The van der Waals surface area contributed by atoms with Crippen LogP contribution in [-0.2, 0) is 11.2 Å². The van der Waals surface area contributed by atoms with Gasteiger partial charge in [0.15, 0.2) is 5.69 Å². The maximum absolute atomic E-state index is 14.1. The zero-order valence-corrected chi connectivity index (χ0v) is 23.3. The van der Waals surface area contributed by atoms with E-state index in [0.29, 0.717) is 23.7 Å². The van der Waals surface area contributed by atoms with Gasteiger partial charge in [0.2, 0.25) is 5.91 Å². The predicted octanol–water partition coefficient (Wildman–Crippen LogP) is 4.00. The molecule has 0 bridgehead atoms. The summed E-state index contributed by atoms with van der Waals surface area (Å²) in [5.74, 6) is -1.29. The molecule has 9 nitrogen and oxygen atoms in total. The average molecular weight is 537 g/mol. The standard InChI is InChI=1S/C28H36N6O3S/c1-6-18-7-11-21(12-8-18)34(28(37)25-22(29)23(26(30)35)32-38-25)24(27(36)31-16-15-17(2)3)19-9-13-20(14-10-19)33(4)5/h7-14,17,24H,6,15-16,29H2,1-5H3,(H2,30,35)(H,31,36). The summed E-state index contributed by atoms with van der Waals surface area (Å²) < 4.78 is 4.01. The molecule has 0 saturated heterocycles. The second-order valence-electron chi connectivity index (χ2n) is 9.70. The lowest BCUT2D eigenvalue weighted by molar-refractivity contribution is -0.122. The zero-order valence-electron chi connectivity index (χ0n) is 22.5. The number of anilines is 3. The van der Waals surface area contributed by atoms with Crippen LogP contribution in [0.25, 0.3) is 0 Å². The lowest BCUT2D eigenvalue weighted by atomic mass is 10.0. The fourth-order valence-corrected chi connectivity index (χ4v) is 4.71. The molecule has 0 aliphatic rings. The number of benzene rings is 2. The number of aryl methyl sites for hydroxylation is 1. The van der Waals surface area contributed by atoms with E-state index in [1.54, 1.807) is 0 Å². The number of nitrogens with zero attached hydrogens (tertiary/aromatic N) is 3. The average Bonchev–Trinajstić information content (AvgIpc) is 3.28. The van der Waals surface area contributed by atoms with Gasteiger partial charge in [-0.3, -0.25) is 19.3 Å². The van der Waals surface area contributed by atoms with Crippen molar-refractivity contribution >= 4 is 46.3 Å². The Morgan fingerprint density at radius 2 is 1.61 bits per heavy atom. The molecule has 202 valence electrons. The molecule has 3 amide bonds. The number of carbonyl (C=O) groups is 3. The van der Waals surface area contributed by atoms with Crippen LogP contribution in [0, 0.1) is 5.92 Å². The predicted molar refractivity (Wildman–Crippen MR) is 154 cm³/mol. The third kappa shape index (κ3) is 6.49. The highest BCUT2D eigenvalue weighted by Gasteiger charge is 2.36. The highest BCUT2D eigenvalue weighted by molar-refractivity contribution is 7.09. The Labute approximate surface area is 228 Å². The van der Waals surface area contributed by atoms with E-state index < -0.39 is 17.9 Å². The molecule has 1 heterocycles. The second kappa shape index (κ2) is 12.6. The van der Waals surface area contributed by atoms with Crippen molar-refractivity contribution in [3.05, 3.63) is 70.2 Å². The number of nitrogens with two attached hydrogens (primary N) is 2. The van der Waals surface area contributed by atoms with E-state index in [4.69, 9.17) is 11.5 Å². The largest absolute Gasteiger partial charge is 0.395 e. The van der Waals surface area contributed by atoms with Crippen molar-refractivity contribution < 1.29 is 14.4 Å². The number of hydrogen-bond acceptors (Lipinski definition) is 7. The van der Waals surface area contributed by atoms with Gasteiger partial charge in [0, 0.05) is 32.0 Å². The van der Waals surface area contributed by atoms with Crippen LogP contribution in [0.4, 0.5) is 17.1 Å². The molecule has 38 heavy (non-hydrogen) atoms. The quantitative estimate of drug-likeness (QED) is 0.339. The fourth-order valence-electron chi connectivity index (χ4n) is 3.97. The molecule has 0 aliphatic heterocycles. The minimum atomic E-state index is -1.00. The van der Waals surface area contributed by atoms with Crippen molar-refractivity contribution in [1.29, 1.82) is 0 Å². The van der Waals surface area contributed by atoms with Gasteiger partial charge in [-0.1, -0.05) is 45.0 Å². The van der Waals surface area contributed by atoms with Crippen LogP contribution < -0.4 is 26.6 Å². The van der Waals surface area contributed by atoms with Crippen LogP contribution >= 0.6 is 11.5 Å². The number of rotatable bonds is 11. The molecule has 10 heteroatoms. The monoisotopic (exact) mass is 536 g/mol. The van der Waals surface area contributed by atoms with Crippen molar-refractivity contribution in [3.8, 4) is 0 Å².